The number of hydrogen-bond acceptors (Lipinski definition) is 4. The van der Waals surface area contributed by atoms with Gasteiger partial charge in [0.05, 0.1) is 23.1 Å². The van der Waals surface area contributed by atoms with E-state index in [4.69, 9.17) is 9.84 Å². The molecule has 1 aromatic heterocycles. The average Bonchev–Trinajstić information content (AvgIpc) is 2.80. The lowest BCUT2D eigenvalue weighted by Gasteiger charge is -2.07. The van der Waals surface area contributed by atoms with Crippen LogP contribution < -0.4 is 4.74 Å². The third kappa shape index (κ3) is 3.28. The minimum atomic E-state index is 0.0658. The van der Waals surface area contributed by atoms with Gasteiger partial charge in [-0.1, -0.05) is 18.2 Å². The smallest absolute Gasteiger partial charge is 0.122 e. The van der Waals surface area contributed by atoms with Crippen molar-refractivity contribution >= 4 is 11.3 Å². The molecule has 3 nitrogen and oxygen atoms in total. The Bertz CT molecular complexity index is 482. The van der Waals surface area contributed by atoms with Crippen LogP contribution in [0.1, 0.15) is 15.4 Å². The van der Waals surface area contributed by atoms with Gasteiger partial charge >= 0.3 is 0 Å². The van der Waals surface area contributed by atoms with E-state index in [1.54, 1.807) is 6.20 Å². The van der Waals surface area contributed by atoms with Gasteiger partial charge in [-0.2, -0.15) is 0 Å². The van der Waals surface area contributed by atoms with Crippen LogP contribution in [0.3, 0.4) is 0 Å². The summed E-state index contributed by atoms with van der Waals surface area (Å²) in [5.74, 6) is 0.923. The summed E-state index contributed by atoms with van der Waals surface area (Å²) in [7, 11) is 0. The monoisotopic (exact) mass is 249 g/mol. The van der Waals surface area contributed by atoms with Gasteiger partial charge in [0.25, 0.3) is 0 Å². The lowest BCUT2D eigenvalue weighted by Crippen LogP contribution is -2.01. The van der Waals surface area contributed by atoms with Crippen LogP contribution >= 0.6 is 11.3 Å². The summed E-state index contributed by atoms with van der Waals surface area (Å²) in [4.78, 5) is 5.12. The average molecular weight is 249 g/mol. The lowest BCUT2D eigenvalue weighted by molar-refractivity contribution is 0.285. The molecular formula is C13H15NO2S. The second-order valence-electron chi connectivity index (χ2n) is 3.74. The molecule has 0 aliphatic rings. The largest absolute Gasteiger partial charge is 0.493 e. The van der Waals surface area contributed by atoms with Gasteiger partial charge in [-0.15, -0.1) is 11.3 Å². The fourth-order valence-corrected chi connectivity index (χ4v) is 2.27. The van der Waals surface area contributed by atoms with E-state index >= 15 is 0 Å². The van der Waals surface area contributed by atoms with Crippen LogP contribution in [0.4, 0.5) is 0 Å². The Morgan fingerprint density at radius 2 is 2.18 bits per heavy atom. The first-order valence-corrected chi connectivity index (χ1v) is 6.34. The summed E-state index contributed by atoms with van der Waals surface area (Å²) in [6.07, 6.45) is 2.49. The highest BCUT2D eigenvalue weighted by molar-refractivity contribution is 7.11. The van der Waals surface area contributed by atoms with Gasteiger partial charge in [-0.05, 0) is 18.6 Å². The van der Waals surface area contributed by atoms with Crippen molar-refractivity contribution in [3.8, 4) is 5.75 Å². The minimum Gasteiger partial charge on any atom is -0.493 e. The number of aromatic nitrogens is 1. The van der Waals surface area contributed by atoms with Crippen LogP contribution in [0.5, 0.6) is 5.75 Å². The Labute approximate surface area is 105 Å². The van der Waals surface area contributed by atoms with E-state index in [-0.39, 0.29) is 6.61 Å². The summed E-state index contributed by atoms with van der Waals surface area (Å²) in [6.45, 7) is 2.71. The van der Waals surface area contributed by atoms with Crippen LogP contribution in [-0.4, -0.2) is 16.7 Å². The molecule has 1 heterocycles. The number of ether oxygens (including phenoxy) is 1. The Morgan fingerprint density at radius 1 is 1.35 bits per heavy atom. The Kier molecular flexibility index (Phi) is 4.12. The quantitative estimate of drug-likeness (QED) is 0.885. The van der Waals surface area contributed by atoms with Crippen LogP contribution in [0.15, 0.2) is 30.5 Å². The van der Waals surface area contributed by atoms with Crippen molar-refractivity contribution in [2.24, 2.45) is 0 Å². The van der Waals surface area contributed by atoms with Crippen molar-refractivity contribution in [1.82, 2.24) is 4.98 Å². The maximum absolute atomic E-state index is 8.93. The second-order valence-corrected chi connectivity index (χ2v) is 4.94. The van der Waals surface area contributed by atoms with E-state index < -0.39 is 0 Å². The van der Waals surface area contributed by atoms with Gasteiger partial charge < -0.3 is 9.84 Å². The predicted molar refractivity (Wildman–Crippen MR) is 68.4 cm³/mol. The van der Waals surface area contributed by atoms with Crippen molar-refractivity contribution < 1.29 is 9.84 Å². The normalized spacial score (nSPS) is 10.5. The van der Waals surface area contributed by atoms with E-state index in [1.165, 1.54) is 11.3 Å². The Hall–Kier alpha value is -1.39. The summed E-state index contributed by atoms with van der Waals surface area (Å²) in [6, 6.07) is 7.96. The highest BCUT2D eigenvalue weighted by atomic mass is 32.1. The number of para-hydroxylation sites is 1. The molecule has 2 rings (SSSR count). The molecule has 0 unspecified atom stereocenters. The first-order chi connectivity index (χ1) is 8.29. The first-order valence-electron chi connectivity index (χ1n) is 5.52. The molecule has 0 bridgehead atoms. The van der Waals surface area contributed by atoms with Gasteiger partial charge in [-0.3, -0.25) is 0 Å². The van der Waals surface area contributed by atoms with Gasteiger partial charge in [0.1, 0.15) is 5.75 Å². The zero-order valence-corrected chi connectivity index (χ0v) is 10.5. The van der Waals surface area contributed by atoms with Crippen molar-refractivity contribution in [2.45, 2.75) is 20.0 Å². The van der Waals surface area contributed by atoms with Crippen molar-refractivity contribution in [3.05, 3.63) is 45.9 Å². The number of aliphatic hydroxyl groups excluding tert-OH is 1. The number of aryl methyl sites for hydroxylation is 1. The highest BCUT2D eigenvalue weighted by Gasteiger charge is 2.02. The number of thiazole rings is 1. The van der Waals surface area contributed by atoms with E-state index in [2.05, 4.69) is 4.98 Å². The van der Waals surface area contributed by atoms with E-state index in [1.807, 2.05) is 31.2 Å². The fourth-order valence-electron chi connectivity index (χ4n) is 1.50. The van der Waals surface area contributed by atoms with Crippen LogP contribution in [-0.2, 0) is 13.0 Å². The first kappa shape index (κ1) is 12.1. The number of benzene rings is 1. The molecule has 0 radical (unpaired) electrons. The molecule has 0 atom stereocenters. The molecular weight excluding hydrogens is 234 g/mol. The van der Waals surface area contributed by atoms with E-state index in [0.29, 0.717) is 6.61 Å². The van der Waals surface area contributed by atoms with E-state index in [0.717, 1.165) is 27.6 Å². The molecule has 0 saturated heterocycles. The van der Waals surface area contributed by atoms with Gasteiger partial charge in [0.15, 0.2) is 0 Å². The summed E-state index contributed by atoms with van der Waals surface area (Å²) in [5.41, 5.74) is 1.14. The highest BCUT2D eigenvalue weighted by Crippen LogP contribution is 2.17. The van der Waals surface area contributed by atoms with Crippen molar-refractivity contribution in [1.29, 1.82) is 0 Å². The summed E-state index contributed by atoms with van der Waals surface area (Å²) in [5, 5.41) is 9.93. The molecule has 17 heavy (non-hydrogen) atoms. The maximum atomic E-state index is 8.93. The molecule has 1 aromatic carbocycles. The second kappa shape index (κ2) is 5.80. The third-order valence-corrected chi connectivity index (χ3v) is 3.47. The molecule has 4 heteroatoms. The molecule has 0 aliphatic carbocycles. The number of nitrogens with zero attached hydrogens (tertiary/aromatic N) is 1. The van der Waals surface area contributed by atoms with Crippen molar-refractivity contribution in [2.75, 3.05) is 6.61 Å². The minimum absolute atomic E-state index is 0.0658. The lowest BCUT2D eigenvalue weighted by atomic mass is 10.2. The molecule has 0 aliphatic heterocycles. The summed E-state index contributed by atoms with van der Waals surface area (Å²) < 4.78 is 5.69. The Balaban J connectivity index is 1.85. The number of rotatable bonds is 5. The topological polar surface area (TPSA) is 42.4 Å². The molecule has 2 aromatic rings. The SMILES string of the molecule is Cc1ccccc1OCCc1ncc(CO)s1. The molecule has 0 fully saturated rings. The molecule has 1 N–H and O–H groups in total. The van der Waals surface area contributed by atoms with Crippen LogP contribution in [0, 0.1) is 6.92 Å². The van der Waals surface area contributed by atoms with Crippen molar-refractivity contribution in [3.63, 3.8) is 0 Å². The fraction of sp³-hybridized carbons (Fsp3) is 0.308. The standard InChI is InChI=1S/C13H15NO2S/c1-10-4-2-3-5-12(10)16-7-6-13-14-8-11(9-15)17-13/h2-5,8,15H,6-7,9H2,1H3. The number of hydrogen-bond donors (Lipinski definition) is 1. The molecule has 90 valence electrons. The predicted octanol–water partition coefficient (Wildman–Crippen LogP) is 2.57. The van der Waals surface area contributed by atoms with Gasteiger partial charge in [0.2, 0.25) is 0 Å². The molecule has 0 saturated carbocycles. The van der Waals surface area contributed by atoms with Crippen LogP contribution in [0.2, 0.25) is 0 Å². The molecule has 0 spiro atoms. The van der Waals surface area contributed by atoms with E-state index in [9.17, 15) is 0 Å². The summed E-state index contributed by atoms with van der Waals surface area (Å²) >= 11 is 1.53. The zero-order chi connectivity index (χ0) is 12.1. The number of aliphatic hydroxyl groups is 1. The Morgan fingerprint density at radius 3 is 2.88 bits per heavy atom. The van der Waals surface area contributed by atoms with Gasteiger partial charge in [0, 0.05) is 12.6 Å². The zero-order valence-electron chi connectivity index (χ0n) is 9.72. The van der Waals surface area contributed by atoms with Crippen LogP contribution in [0.25, 0.3) is 0 Å². The van der Waals surface area contributed by atoms with Gasteiger partial charge in [-0.25, -0.2) is 4.98 Å². The molecule has 0 amide bonds. The maximum Gasteiger partial charge on any atom is 0.122 e. The third-order valence-electron chi connectivity index (χ3n) is 2.42.